The summed E-state index contributed by atoms with van der Waals surface area (Å²) in [7, 11) is 1.58. The number of thiophene rings is 1. The predicted molar refractivity (Wildman–Crippen MR) is 81.4 cm³/mol. The van der Waals surface area contributed by atoms with Gasteiger partial charge in [0.05, 0.1) is 19.4 Å². The van der Waals surface area contributed by atoms with E-state index in [1.165, 1.54) is 11.3 Å². The molecule has 21 heavy (non-hydrogen) atoms. The van der Waals surface area contributed by atoms with Gasteiger partial charge in [-0.1, -0.05) is 0 Å². The first-order valence-corrected chi connectivity index (χ1v) is 7.58. The van der Waals surface area contributed by atoms with Gasteiger partial charge in [0.15, 0.2) is 0 Å². The Kier molecular flexibility index (Phi) is 5.71. The molecule has 2 rings (SSSR count). The number of carbonyl (C=O) groups excluding carboxylic acids is 1. The van der Waals surface area contributed by atoms with Crippen molar-refractivity contribution in [3.63, 3.8) is 0 Å². The lowest BCUT2D eigenvalue weighted by Gasteiger charge is -2.10. The summed E-state index contributed by atoms with van der Waals surface area (Å²) < 4.78 is 5.09. The Balaban J connectivity index is 1.74. The van der Waals surface area contributed by atoms with E-state index in [9.17, 15) is 9.90 Å². The molecule has 0 aliphatic carbocycles. The second kappa shape index (κ2) is 7.75. The molecule has 6 heteroatoms. The molecule has 1 unspecified atom stereocenters. The first kappa shape index (κ1) is 15.5. The highest BCUT2D eigenvalue weighted by molar-refractivity contribution is 7.07. The Hall–Kier alpha value is -1.92. The van der Waals surface area contributed by atoms with Crippen LogP contribution in [0.1, 0.15) is 23.7 Å². The van der Waals surface area contributed by atoms with Crippen molar-refractivity contribution in [1.82, 2.24) is 10.3 Å². The summed E-state index contributed by atoms with van der Waals surface area (Å²) in [5.74, 6) is 0.591. The number of aryl methyl sites for hydroxylation is 1. The fourth-order valence-corrected chi connectivity index (χ4v) is 2.56. The van der Waals surface area contributed by atoms with Gasteiger partial charge in [0.1, 0.15) is 5.75 Å². The number of pyridine rings is 1. The fourth-order valence-electron chi connectivity index (χ4n) is 1.85. The topological polar surface area (TPSA) is 71.5 Å². The van der Waals surface area contributed by atoms with E-state index in [1.807, 2.05) is 22.9 Å². The van der Waals surface area contributed by atoms with Gasteiger partial charge in [0.2, 0.25) is 5.91 Å². The highest BCUT2D eigenvalue weighted by Gasteiger charge is 2.10. The van der Waals surface area contributed by atoms with E-state index in [1.54, 1.807) is 19.5 Å². The molecule has 0 fully saturated rings. The minimum absolute atomic E-state index is 0.0906. The molecule has 0 saturated heterocycles. The third-order valence-electron chi connectivity index (χ3n) is 3.07. The molecule has 0 spiro atoms. The summed E-state index contributed by atoms with van der Waals surface area (Å²) in [6, 6.07) is 3.71. The number of hydrogen-bond donors (Lipinski definition) is 2. The number of rotatable bonds is 7. The van der Waals surface area contributed by atoms with E-state index >= 15 is 0 Å². The molecule has 2 N–H and O–H groups in total. The highest BCUT2D eigenvalue weighted by atomic mass is 32.1. The number of aliphatic hydroxyl groups is 1. The van der Waals surface area contributed by atoms with Gasteiger partial charge in [-0.2, -0.15) is 11.3 Å². The number of nitrogens with zero attached hydrogens (tertiary/aromatic N) is 1. The number of aliphatic hydroxyl groups excluding tert-OH is 1. The normalized spacial score (nSPS) is 11.9. The van der Waals surface area contributed by atoms with Gasteiger partial charge >= 0.3 is 0 Å². The lowest BCUT2D eigenvalue weighted by molar-refractivity contribution is -0.121. The maximum absolute atomic E-state index is 11.8. The van der Waals surface area contributed by atoms with Crippen molar-refractivity contribution in [2.24, 2.45) is 0 Å². The van der Waals surface area contributed by atoms with Crippen molar-refractivity contribution in [3.8, 4) is 5.75 Å². The quantitative estimate of drug-likeness (QED) is 0.820. The van der Waals surface area contributed by atoms with Crippen LogP contribution in [0.25, 0.3) is 0 Å². The van der Waals surface area contributed by atoms with Crippen LogP contribution < -0.4 is 10.1 Å². The van der Waals surface area contributed by atoms with E-state index in [-0.39, 0.29) is 12.5 Å². The molecule has 0 aliphatic heterocycles. The Morgan fingerprint density at radius 1 is 1.52 bits per heavy atom. The lowest BCUT2D eigenvalue weighted by Crippen LogP contribution is -2.28. The summed E-state index contributed by atoms with van der Waals surface area (Å²) in [6.45, 7) is 0.228. The lowest BCUT2D eigenvalue weighted by atomic mass is 10.1. The Morgan fingerprint density at radius 3 is 3.10 bits per heavy atom. The standard InChI is InChI=1S/C15H18N2O3S/c1-20-13-6-11(7-16-8-13)2-3-15(19)17-9-14(18)12-4-5-21-10-12/h4-8,10,14,18H,2-3,9H2,1H3,(H,17,19). The van der Waals surface area contributed by atoms with Gasteiger partial charge in [-0.15, -0.1) is 0 Å². The maximum Gasteiger partial charge on any atom is 0.220 e. The average molecular weight is 306 g/mol. The molecule has 5 nitrogen and oxygen atoms in total. The molecule has 2 heterocycles. The molecule has 2 aromatic rings. The van der Waals surface area contributed by atoms with E-state index < -0.39 is 6.10 Å². The van der Waals surface area contributed by atoms with Crippen LogP contribution in [0.5, 0.6) is 5.75 Å². The summed E-state index contributed by atoms with van der Waals surface area (Å²) in [6.07, 6.45) is 3.63. The minimum atomic E-state index is -0.654. The number of amides is 1. The third-order valence-corrected chi connectivity index (χ3v) is 3.77. The van der Waals surface area contributed by atoms with Crippen molar-refractivity contribution < 1.29 is 14.6 Å². The van der Waals surface area contributed by atoms with E-state index in [0.717, 1.165) is 11.1 Å². The number of nitrogens with one attached hydrogen (secondary N) is 1. The molecule has 0 aromatic carbocycles. The number of hydrogen-bond acceptors (Lipinski definition) is 5. The van der Waals surface area contributed by atoms with Crippen LogP contribution in [0.3, 0.4) is 0 Å². The second-order valence-corrected chi connectivity index (χ2v) is 5.39. The molecular formula is C15H18N2O3S. The van der Waals surface area contributed by atoms with Crippen LogP contribution in [0, 0.1) is 0 Å². The number of aromatic nitrogens is 1. The van der Waals surface area contributed by atoms with Crippen LogP contribution in [-0.2, 0) is 11.2 Å². The first-order chi connectivity index (χ1) is 10.2. The summed E-state index contributed by atoms with van der Waals surface area (Å²) in [5.41, 5.74) is 1.78. The van der Waals surface area contributed by atoms with Gasteiger partial charge in [-0.3, -0.25) is 9.78 Å². The molecule has 2 aromatic heterocycles. The zero-order chi connectivity index (χ0) is 15.1. The molecular weight excluding hydrogens is 288 g/mol. The van der Waals surface area contributed by atoms with Crippen LogP contribution in [0.4, 0.5) is 0 Å². The predicted octanol–water partition coefficient (Wildman–Crippen LogP) is 1.93. The van der Waals surface area contributed by atoms with Gasteiger partial charge in [0, 0.05) is 19.2 Å². The van der Waals surface area contributed by atoms with Crippen LogP contribution in [0.15, 0.2) is 35.3 Å². The van der Waals surface area contributed by atoms with Crippen molar-refractivity contribution in [1.29, 1.82) is 0 Å². The van der Waals surface area contributed by atoms with Crippen LogP contribution >= 0.6 is 11.3 Å². The molecule has 0 aliphatic rings. The first-order valence-electron chi connectivity index (χ1n) is 6.64. The fraction of sp³-hybridized carbons (Fsp3) is 0.333. The minimum Gasteiger partial charge on any atom is -0.495 e. The summed E-state index contributed by atoms with van der Waals surface area (Å²) >= 11 is 1.52. The Morgan fingerprint density at radius 2 is 2.38 bits per heavy atom. The largest absolute Gasteiger partial charge is 0.495 e. The molecule has 0 radical (unpaired) electrons. The Bertz CT molecular complexity index is 572. The number of methoxy groups -OCH3 is 1. The summed E-state index contributed by atoms with van der Waals surface area (Å²) in [5, 5.41) is 16.4. The third kappa shape index (κ3) is 4.84. The van der Waals surface area contributed by atoms with Gasteiger partial charge in [-0.25, -0.2) is 0 Å². The maximum atomic E-state index is 11.8. The summed E-state index contributed by atoms with van der Waals surface area (Å²) in [4.78, 5) is 15.8. The molecule has 0 saturated carbocycles. The van der Waals surface area contributed by atoms with Crippen molar-refractivity contribution in [2.75, 3.05) is 13.7 Å². The second-order valence-electron chi connectivity index (χ2n) is 4.61. The zero-order valence-electron chi connectivity index (χ0n) is 11.8. The van der Waals surface area contributed by atoms with E-state index in [0.29, 0.717) is 18.6 Å². The van der Waals surface area contributed by atoms with Crippen LogP contribution in [-0.4, -0.2) is 29.7 Å². The smallest absolute Gasteiger partial charge is 0.220 e. The molecule has 1 atom stereocenters. The van der Waals surface area contributed by atoms with E-state index in [4.69, 9.17) is 4.74 Å². The number of ether oxygens (including phenoxy) is 1. The average Bonchev–Trinajstić information content (AvgIpc) is 3.05. The highest BCUT2D eigenvalue weighted by Crippen LogP contribution is 2.15. The molecule has 1 amide bonds. The van der Waals surface area contributed by atoms with Crippen LogP contribution in [0.2, 0.25) is 0 Å². The van der Waals surface area contributed by atoms with Gasteiger partial charge in [0.25, 0.3) is 0 Å². The van der Waals surface area contributed by atoms with E-state index in [2.05, 4.69) is 10.3 Å². The molecule has 0 bridgehead atoms. The van der Waals surface area contributed by atoms with Crippen molar-refractivity contribution in [2.45, 2.75) is 18.9 Å². The van der Waals surface area contributed by atoms with Crippen molar-refractivity contribution in [3.05, 3.63) is 46.4 Å². The number of carbonyl (C=O) groups is 1. The van der Waals surface area contributed by atoms with Gasteiger partial charge in [-0.05, 0) is 40.4 Å². The van der Waals surface area contributed by atoms with Crippen molar-refractivity contribution >= 4 is 17.2 Å². The Labute approximate surface area is 127 Å². The van der Waals surface area contributed by atoms with Gasteiger partial charge < -0.3 is 15.2 Å². The molecule has 112 valence electrons. The zero-order valence-corrected chi connectivity index (χ0v) is 12.6. The SMILES string of the molecule is COc1cncc(CCC(=O)NCC(O)c2ccsc2)c1. The monoisotopic (exact) mass is 306 g/mol.